The second-order valence-corrected chi connectivity index (χ2v) is 5.56. The highest BCUT2D eigenvalue weighted by atomic mass is 16.6. The number of aldehydes is 1. The van der Waals surface area contributed by atoms with Crippen molar-refractivity contribution in [3.05, 3.63) is 83.9 Å². The standard InChI is InChI=1S/C21H22N2O4/c24-16-8-7-14-23(21(25)26-17-19-9-3-1-4-10-19)15-13-22-27-18-20-11-5-2-6-12-20/h1-13,16H,14-15,17-18H2/b8-7+,22-13+. The van der Waals surface area contributed by atoms with Gasteiger partial charge in [0.25, 0.3) is 0 Å². The molecule has 0 saturated carbocycles. The van der Waals surface area contributed by atoms with E-state index in [4.69, 9.17) is 9.57 Å². The number of oxime groups is 1. The molecule has 0 aliphatic carbocycles. The first-order valence-electron chi connectivity index (χ1n) is 8.53. The number of rotatable bonds is 10. The summed E-state index contributed by atoms with van der Waals surface area (Å²) in [5.41, 5.74) is 1.90. The van der Waals surface area contributed by atoms with Gasteiger partial charge in [-0.15, -0.1) is 0 Å². The Kier molecular flexibility index (Phi) is 8.87. The molecule has 1 amide bonds. The second kappa shape index (κ2) is 12.0. The zero-order valence-electron chi connectivity index (χ0n) is 14.9. The van der Waals surface area contributed by atoms with Crippen molar-refractivity contribution in [1.29, 1.82) is 0 Å². The summed E-state index contributed by atoms with van der Waals surface area (Å²) in [4.78, 5) is 29.3. The Morgan fingerprint density at radius 2 is 1.56 bits per heavy atom. The lowest BCUT2D eigenvalue weighted by Gasteiger charge is -2.18. The van der Waals surface area contributed by atoms with Crippen molar-refractivity contribution in [1.82, 2.24) is 4.90 Å². The minimum Gasteiger partial charge on any atom is -0.445 e. The van der Waals surface area contributed by atoms with E-state index in [2.05, 4.69) is 5.16 Å². The van der Waals surface area contributed by atoms with Crippen LogP contribution in [0.1, 0.15) is 11.1 Å². The first-order valence-corrected chi connectivity index (χ1v) is 8.53. The number of allylic oxidation sites excluding steroid dienone is 1. The molecule has 0 bridgehead atoms. The van der Waals surface area contributed by atoms with Crippen molar-refractivity contribution >= 4 is 18.6 Å². The van der Waals surface area contributed by atoms with Gasteiger partial charge in [-0.25, -0.2) is 4.79 Å². The molecule has 0 spiro atoms. The summed E-state index contributed by atoms with van der Waals surface area (Å²) in [6.45, 7) is 0.957. The fourth-order valence-corrected chi connectivity index (χ4v) is 2.15. The quantitative estimate of drug-likeness (QED) is 0.279. The van der Waals surface area contributed by atoms with Gasteiger partial charge in [-0.2, -0.15) is 0 Å². The van der Waals surface area contributed by atoms with Crippen LogP contribution in [0.3, 0.4) is 0 Å². The van der Waals surface area contributed by atoms with E-state index in [-0.39, 0.29) is 19.7 Å². The average Bonchev–Trinajstić information content (AvgIpc) is 2.72. The number of ether oxygens (including phenoxy) is 1. The van der Waals surface area contributed by atoms with Gasteiger partial charge in [0.05, 0.1) is 12.8 Å². The SMILES string of the molecule is O=C/C=C/CN(C/C=N/OCc1ccccc1)C(=O)OCc1ccccc1. The highest BCUT2D eigenvalue weighted by Gasteiger charge is 2.12. The van der Waals surface area contributed by atoms with Crippen LogP contribution >= 0.6 is 0 Å². The van der Waals surface area contributed by atoms with Crippen molar-refractivity contribution in [3.63, 3.8) is 0 Å². The van der Waals surface area contributed by atoms with E-state index in [1.54, 1.807) is 6.08 Å². The number of carbonyl (C=O) groups is 2. The molecular weight excluding hydrogens is 344 g/mol. The summed E-state index contributed by atoms with van der Waals surface area (Å²) in [6.07, 6.45) is 4.56. The molecule has 6 nitrogen and oxygen atoms in total. The summed E-state index contributed by atoms with van der Waals surface area (Å²) >= 11 is 0. The molecule has 0 N–H and O–H groups in total. The van der Waals surface area contributed by atoms with Crippen LogP contribution in [0.5, 0.6) is 0 Å². The number of nitrogens with zero attached hydrogens (tertiary/aromatic N) is 2. The van der Waals surface area contributed by atoms with Gasteiger partial charge < -0.3 is 9.57 Å². The monoisotopic (exact) mass is 366 g/mol. The van der Waals surface area contributed by atoms with E-state index in [1.807, 2.05) is 60.7 Å². The zero-order valence-corrected chi connectivity index (χ0v) is 14.9. The Labute approximate surface area is 158 Å². The van der Waals surface area contributed by atoms with Crippen LogP contribution in [0.25, 0.3) is 0 Å². The molecule has 2 rings (SSSR count). The van der Waals surface area contributed by atoms with Crippen molar-refractivity contribution in [3.8, 4) is 0 Å². The molecule has 2 aromatic carbocycles. The van der Waals surface area contributed by atoms with Gasteiger partial charge in [0.15, 0.2) is 0 Å². The van der Waals surface area contributed by atoms with Gasteiger partial charge in [0.1, 0.15) is 19.5 Å². The minimum absolute atomic E-state index is 0.176. The molecule has 0 unspecified atom stereocenters. The van der Waals surface area contributed by atoms with Gasteiger partial charge in [-0.05, 0) is 17.2 Å². The van der Waals surface area contributed by atoms with Gasteiger partial charge in [-0.3, -0.25) is 9.69 Å². The second-order valence-electron chi connectivity index (χ2n) is 5.56. The van der Waals surface area contributed by atoms with Crippen LogP contribution in [0.4, 0.5) is 4.79 Å². The van der Waals surface area contributed by atoms with Crippen LogP contribution in [-0.4, -0.2) is 36.6 Å². The first-order chi connectivity index (χ1) is 13.3. The summed E-state index contributed by atoms with van der Waals surface area (Å²) in [7, 11) is 0. The third-order valence-electron chi connectivity index (χ3n) is 3.53. The highest BCUT2D eigenvalue weighted by Crippen LogP contribution is 2.04. The largest absolute Gasteiger partial charge is 0.445 e. The van der Waals surface area contributed by atoms with Crippen LogP contribution in [-0.2, 0) is 27.6 Å². The highest BCUT2D eigenvalue weighted by molar-refractivity contribution is 5.73. The van der Waals surface area contributed by atoms with Crippen LogP contribution < -0.4 is 0 Å². The summed E-state index contributed by atoms with van der Waals surface area (Å²) in [6, 6.07) is 19.1. The molecule has 140 valence electrons. The van der Waals surface area contributed by atoms with E-state index in [0.29, 0.717) is 12.9 Å². The van der Waals surface area contributed by atoms with Crippen molar-refractivity contribution in [2.45, 2.75) is 13.2 Å². The summed E-state index contributed by atoms with van der Waals surface area (Å²) in [5.74, 6) is 0. The predicted octanol–water partition coefficient (Wildman–Crippen LogP) is 3.58. The maximum absolute atomic E-state index is 12.3. The Balaban J connectivity index is 1.82. The fraction of sp³-hybridized carbons (Fsp3) is 0.190. The first kappa shape index (κ1) is 19.9. The number of benzene rings is 2. The van der Waals surface area contributed by atoms with E-state index in [0.717, 1.165) is 11.1 Å². The van der Waals surface area contributed by atoms with Gasteiger partial charge in [-0.1, -0.05) is 71.9 Å². The molecule has 27 heavy (non-hydrogen) atoms. The molecule has 0 aliphatic rings. The molecule has 0 radical (unpaired) electrons. The number of hydrogen-bond donors (Lipinski definition) is 0. The lowest BCUT2D eigenvalue weighted by molar-refractivity contribution is -0.104. The normalized spacial score (nSPS) is 10.8. The fourth-order valence-electron chi connectivity index (χ4n) is 2.15. The average molecular weight is 366 g/mol. The lowest BCUT2D eigenvalue weighted by Crippen LogP contribution is -2.33. The topological polar surface area (TPSA) is 68.2 Å². The predicted molar refractivity (Wildman–Crippen MR) is 103 cm³/mol. The lowest BCUT2D eigenvalue weighted by atomic mass is 10.2. The van der Waals surface area contributed by atoms with Crippen molar-refractivity contribution < 1.29 is 19.2 Å². The maximum Gasteiger partial charge on any atom is 0.410 e. The molecule has 0 aliphatic heterocycles. The molecule has 0 aromatic heterocycles. The van der Waals surface area contributed by atoms with Gasteiger partial charge >= 0.3 is 6.09 Å². The van der Waals surface area contributed by atoms with Crippen LogP contribution in [0.15, 0.2) is 78.0 Å². The molecule has 2 aromatic rings. The summed E-state index contributed by atoms with van der Waals surface area (Å²) in [5, 5.41) is 3.87. The Hall–Kier alpha value is -3.41. The molecule has 0 saturated heterocycles. The Morgan fingerprint density at radius 1 is 0.926 bits per heavy atom. The Morgan fingerprint density at radius 3 is 2.19 bits per heavy atom. The number of carbonyl (C=O) groups excluding carboxylic acids is 2. The smallest absolute Gasteiger partial charge is 0.410 e. The van der Waals surface area contributed by atoms with E-state index in [9.17, 15) is 9.59 Å². The zero-order chi connectivity index (χ0) is 19.2. The van der Waals surface area contributed by atoms with Gasteiger partial charge in [0, 0.05) is 6.54 Å². The summed E-state index contributed by atoms with van der Waals surface area (Å²) < 4.78 is 5.31. The minimum atomic E-state index is -0.496. The molecule has 0 heterocycles. The Bertz CT molecular complexity index is 745. The van der Waals surface area contributed by atoms with Crippen molar-refractivity contribution in [2.24, 2.45) is 5.16 Å². The van der Waals surface area contributed by atoms with Crippen molar-refractivity contribution in [2.75, 3.05) is 13.1 Å². The maximum atomic E-state index is 12.3. The van der Waals surface area contributed by atoms with Gasteiger partial charge in [0.2, 0.25) is 0 Å². The van der Waals surface area contributed by atoms with E-state index in [1.165, 1.54) is 17.2 Å². The van der Waals surface area contributed by atoms with E-state index < -0.39 is 6.09 Å². The van der Waals surface area contributed by atoms with Crippen LogP contribution in [0.2, 0.25) is 0 Å². The molecule has 6 heteroatoms. The molecule has 0 atom stereocenters. The van der Waals surface area contributed by atoms with E-state index >= 15 is 0 Å². The third-order valence-corrected chi connectivity index (χ3v) is 3.53. The molecular formula is C21H22N2O4. The number of amides is 1. The number of hydrogen-bond acceptors (Lipinski definition) is 5. The van der Waals surface area contributed by atoms with Crippen LogP contribution in [0, 0.1) is 0 Å². The third kappa shape index (κ3) is 8.00. The molecule has 0 fully saturated rings.